The Balaban J connectivity index is 1.98. The van der Waals surface area contributed by atoms with Crippen LogP contribution in [0.4, 0.5) is 11.4 Å². The Hall–Kier alpha value is -2.73. The summed E-state index contributed by atoms with van der Waals surface area (Å²) in [6.45, 7) is 2.08. The first-order valence-electron chi connectivity index (χ1n) is 13.2. The number of nitro groups is 1. The van der Waals surface area contributed by atoms with Crippen molar-refractivity contribution >= 4 is 44.6 Å². The van der Waals surface area contributed by atoms with Gasteiger partial charge in [-0.25, -0.2) is 8.42 Å². The smallest absolute Gasteiger partial charge is 0.293 e. The highest BCUT2D eigenvalue weighted by Gasteiger charge is 2.28. The highest BCUT2D eigenvalue weighted by atomic mass is 35.5. The lowest BCUT2D eigenvalue weighted by Crippen LogP contribution is -2.35. The zero-order valence-electron chi connectivity index (χ0n) is 23.8. The molecule has 222 valence electrons. The van der Waals surface area contributed by atoms with E-state index in [1.165, 1.54) is 16.4 Å². The first kappa shape index (κ1) is 32.8. The van der Waals surface area contributed by atoms with E-state index in [1.807, 2.05) is 62.3 Å². The number of halogens is 2. The van der Waals surface area contributed by atoms with E-state index in [0.29, 0.717) is 36.0 Å². The lowest BCUT2D eigenvalue weighted by molar-refractivity contribution is -0.384. The molecule has 41 heavy (non-hydrogen) atoms. The van der Waals surface area contributed by atoms with Crippen LogP contribution in [0.2, 0.25) is 10.0 Å². The molecule has 0 bridgehead atoms. The van der Waals surface area contributed by atoms with Crippen LogP contribution in [0.5, 0.6) is 0 Å². The number of anilines is 1. The van der Waals surface area contributed by atoms with Crippen molar-refractivity contribution in [2.45, 2.75) is 23.8 Å². The van der Waals surface area contributed by atoms with Crippen molar-refractivity contribution in [3.8, 4) is 0 Å². The third kappa shape index (κ3) is 9.39. The van der Waals surface area contributed by atoms with Crippen molar-refractivity contribution in [2.24, 2.45) is 0 Å². The number of sulfonamides is 1. The Labute approximate surface area is 252 Å². The van der Waals surface area contributed by atoms with Crippen LogP contribution in [-0.4, -0.2) is 81.8 Å². The maximum absolute atomic E-state index is 13.7. The van der Waals surface area contributed by atoms with Crippen LogP contribution in [0.3, 0.4) is 0 Å². The normalized spacial score (nSPS) is 12.0. The van der Waals surface area contributed by atoms with Gasteiger partial charge in [-0.15, -0.1) is 0 Å². The molecule has 0 unspecified atom stereocenters. The van der Waals surface area contributed by atoms with Gasteiger partial charge in [0.1, 0.15) is 5.69 Å². The molecule has 0 saturated heterocycles. The SMILES string of the molecule is CN(C)CCCN(CCCN(C)C)S(=O)(=O)c1ccc(NC(c2ccc(Cl)cc2)c2ccc(Cl)cc2)c([N+](=O)[O-])c1. The summed E-state index contributed by atoms with van der Waals surface area (Å²) in [7, 11) is 3.75. The summed E-state index contributed by atoms with van der Waals surface area (Å²) in [6, 6.07) is 17.8. The summed E-state index contributed by atoms with van der Waals surface area (Å²) in [6.07, 6.45) is 1.28. The lowest BCUT2D eigenvalue weighted by atomic mass is 9.98. The van der Waals surface area contributed by atoms with E-state index in [2.05, 4.69) is 5.32 Å². The van der Waals surface area contributed by atoms with Gasteiger partial charge in [0.2, 0.25) is 10.0 Å². The maximum Gasteiger partial charge on any atom is 0.293 e. The van der Waals surface area contributed by atoms with Crippen LogP contribution < -0.4 is 5.32 Å². The Morgan fingerprint density at radius 1 is 0.780 bits per heavy atom. The Morgan fingerprint density at radius 2 is 1.24 bits per heavy atom. The van der Waals surface area contributed by atoms with Gasteiger partial charge >= 0.3 is 0 Å². The Kier molecular flexibility index (Phi) is 12.0. The third-order valence-electron chi connectivity index (χ3n) is 6.54. The second-order valence-electron chi connectivity index (χ2n) is 10.3. The summed E-state index contributed by atoms with van der Waals surface area (Å²) in [4.78, 5) is 15.5. The predicted molar refractivity (Wildman–Crippen MR) is 167 cm³/mol. The van der Waals surface area contributed by atoms with E-state index in [4.69, 9.17) is 23.2 Å². The van der Waals surface area contributed by atoms with Crippen LogP contribution in [0.15, 0.2) is 71.6 Å². The van der Waals surface area contributed by atoms with E-state index in [-0.39, 0.29) is 16.3 Å². The summed E-state index contributed by atoms with van der Waals surface area (Å²) in [5, 5.41) is 16.6. The van der Waals surface area contributed by atoms with Crippen LogP contribution in [-0.2, 0) is 10.0 Å². The molecule has 0 radical (unpaired) electrons. The summed E-state index contributed by atoms with van der Waals surface area (Å²) >= 11 is 12.2. The number of hydrogen-bond acceptors (Lipinski definition) is 7. The number of nitro benzene ring substituents is 1. The van der Waals surface area contributed by atoms with Crippen molar-refractivity contribution in [3.05, 3.63) is 98.0 Å². The summed E-state index contributed by atoms with van der Waals surface area (Å²) < 4.78 is 28.9. The number of nitrogens with one attached hydrogen (secondary N) is 1. The third-order valence-corrected chi connectivity index (χ3v) is 8.93. The zero-order valence-corrected chi connectivity index (χ0v) is 26.1. The highest BCUT2D eigenvalue weighted by Crippen LogP contribution is 2.35. The van der Waals surface area contributed by atoms with Crippen LogP contribution in [0, 0.1) is 10.1 Å². The molecule has 0 fully saturated rings. The Morgan fingerprint density at radius 3 is 1.66 bits per heavy atom. The van der Waals surface area contributed by atoms with Crippen molar-refractivity contribution in [3.63, 3.8) is 0 Å². The molecule has 0 amide bonds. The van der Waals surface area contributed by atoms with Gasteiger partial charge in [0.15, 0.2) is 0 Å². The quantitative estimate of drug-likeness (QED) is 0.164. The molecule has 0 aromatic heterocycles. The van der Waals surface area contributed by atoms with E-state index < -0.39 is 21.0 Å². The standard InChI is InChI=1S/C29H37Cl2N5O4S/c1-33(2)17-5-19-35(20-6-18-34(3)4)41(39,40)26-15-16-27(28(21-26)36(37)38)32-29(22-7-11-24(30)12-8-22)23-9-13-25(31)14-10-23/h7-16,21,29,32H,5-6,17-20H2,1-4H3. The van der Waals surface area contributed by atoms with E-state index >= 15 is 0 Å². The minimum Gasteiger partial charge on any atom is -0.369 e. The van der Waals surface area contributed by atoms with Crippen LogP contribution >= 0.6 is 23.2 Å². The maximum atomic E-state index is 13.7. The molecular formula is C29H37Cl2N5O4S. The minimum absolute atomic E-state index is 0.112. The number of nitrogens with zero attached hydrogens (tertiary/aromatic N) is 4. The van der Waals surface area contributed by atoms with Crippen molar-refractivity contribution in [1.82, 2.24) is 14.1 Å². The largest absolute Gasteiger partial charge is 0.369 e. The van der Waals surface area contributed by atoms with Gasteiger partial charge in [-0.2, -0.15) is 4.31 Å². The average Bonchev–Trinajstić information content (AvgIpc) is 2.91. The molecule has 0 aliphatic heterocycles. The second-order valence-corrected chi connectivity index (χ2v) is 13.1. The van der Waals surface area contributed by atoms with E-state index in [9.17, 15) is 18.5 Å². The van der Waals surface area contributed by atoms with E-state index in [0.717, 1.165) is 30.3 Å². The summed E-state index contributed by atoms with van der Waals surface area (Å²) in [5.74, 6) is 0. The van der Waals surface area contributed by atoms with Crippen LogP contribution in [0.1, 0.15) is 30.0 Å². The molecule has 0 aliphatic rings. The van der Waals surface area contributed by atoms with Crippen molar-refractivity contribution in [2.75, 3.05) is 59.7 Å². The fourth-order valence-electron chi connectivity index (χ4n) is 4.40. The van der Waals surface area contributed by atoms with Gasteiger partial charge in [0, 0.05) is 29.2 Å². The van der Waals surface area contributed by atoms with Gasteiger partial charge in [-0.3, -0.25) is 10.1 Å². The Bertz CT molecular complexity index is 1340. The number of hydrogen-bond donors (Lipinski definition) is 1. The first-order chi connectivity index (χ1) is 19.4. The molecular weight excluding hydrogens is 585 g/mol. The van der Waals surface area contributed by atoms with Gasteiger partial charge in [0.25, 0.3) is 5.69 Å². The molecule has 3 aromatic carbocycles. The molecule has 12 heteroatoms. The lowest BCUT2D eigenvalue weighted by Gasteiger charge is -2.24. The highest BCUT2D eigenvalue weighted by molar-refractivity contribution is 7.89. The topological polar surface area (TPSA) is 99.0 Å². The average molecular weight is 623 g/mol. The fraction of sp³-hybridized carbons (Fsp3) is 0.379. The molecule has 1 N–H and O–H groups in total. The number of benzene rings is 3. The van der Waals surface area contributed by atoms with Gasteiger partial charge in [-0.05, 0) is 102 Å². The molecule has 9 nitrogen and oxygen atoms in total. The van der Waals surface area contributed by atoms with Crippen molar-refractivity contribution in [1.29, 1.82) is 0 Å². The number of rotatable bonds is 15. The van der Waals surface area contributed by atoms with Crippen LogP contribution in [0.25, 0.3) is 0 Å². The van der Waals surface area contributed by atoms with Gasteiger partial charge in [0.05, 0.1) is 15.9 Å². The molecule has 0 spiro atoms. The molecule has 0 saturated carbocycles. The summed E-state index contributed by atoms with van der Waals surface area (Å²) in [5.41, 5.74) is 1.49. The van der Waals surface area contributed by atoms with Gasteiger partial charge < -0.3 is 15.1 Å². The van der Waals surface area contributed by atoms with Crippen molar-refractivity contribution < 1.29 is 13.3 Å². The monoisotopic (exact) mass is 621 g/mol. The predicted octanol–water partition coefficient (Wildman–Crippen LogP) is 6.00. The van der Waals surface area contributed by atoms with Gasteiger partial charge in [-0.1, -0.05) is 47.5 Å². The molecule has 3 aromatic rings. The minimum atomic E-state index is -3.98. The molecule has 3 rings (SSSR count). The second kappa shape index (κ2) is 14.9. The first-order valence-corrected chi connectivity index (χ1v) is 15.4. The molecule has 0 atom stereocenters. The molecule has 0 heterocycles. The fourth-order valence-corrected chi connectivity index (χ4v) is 6.19. The zero-order chi connectivity index (χ0) is 30.2. The van der Waals surface area contributed by atoms with E-state index in [1.54, 1.807) is 24.3 Å². The molecule has 0 aliphatic carbocycles.